The van der Waals surface area contributed by atoms with E-state index in [1.165, 1.54) is 12.4 Å². The maximum atomic E-state index is 11.4. The molecule has 1 aromatic heterocycles. The van der Waals surface area contributed by atoms with Crippen LogP contribution in [0.15, 0.2) is 55.1 Å². The number of rotatable bonds is 5. The van der Waals surface area contributed by atoms with Gasteiger partial charge in [0.05, 0.1) is 28.3 Å². The molecule has 1 heterocycles. The van der Waals surface area contributed by atoms with Crippen molar-refractivity contribution in [3.63, 3.8) is 0 Å². The van der Waals surface area contributed by atoms with Crippen molar-refractivity contribution in [3.05, 3.63) is 76.4 Å². The smallest absolute Gasteiger partial charge is 0.293 e. The topological polar surface area (TPSA) is 101 Å². The molecule has 0 fully saturated rings. The fraction of sp³-hybridized carbons (Fsp3) is 0.167. The number of benzene rings is 2. The third-order valence-corrected chi connectivity index (χ3v) is 4.32. The lowest BCUT2D eigenvalue weighted by atomic mass is 10.1. The Morgan fingerprint density at radius 2 is 2.00 bits per heavy atom. The normalized spacial score (nSPS) is 11.6. The Hall–Kier alpha value is -3.73. The summed E-state index contributed by atoms with van der Waals surface area (Å²) < 4.78 is 1.66. The van der Waals surface area contributed by atoms with E-state index in [1.54, 1.807) is 30.2 Å². The van der Waals surface area contributed by atoms with Crippen molar-refractivity contribution in [2.45, 2.75) is 13.0 Å². The van der Waals surface area contributed by atoms with E-state index in [0.717, 1.165) is 11.3 Å². The maximum Gasteiger partial charge on any atom is 0.293 e. The van der Waals surface area contributed by atoms with Gasteiger partial charge in [0.25, 0.3) is 5.69 Å². The van der Waals surface area contributed by atoms with Crippen molar-refractivity contribution in [1.82, 2.24) is 14.8 Å². The first-order valence-electron chi connectivity index (χ1n) is 7.87. The van der Waals surface area contributed by atoms with Crippen LogP contribution in [-0.4, -0.2) is 26.7 Å². The molecule has 130 valence electrons. The van der Waals surface area contributed by atoms with Crippen LogP contribution >= 0.6 is 0 Å². The summed E-state index contributed by atoms with van der Waals surface area (Å²) in [6, 6.07) is 14.1. The molecule has 0 aliphatic heterocycles. The Morgan fingerprint density at radius 3 is 2.58 bits per heavy atom. The van der Waals surface area contributed by atoms with Gasteiger partial charge in [-0.05, 0) is 36.8 Å². The summed E-state index contributed by atoms with van der Waals surface area (Å²) >= 11 is 0. The molecule has 0 aliphatic rings. The van der Waals surface area contributed by atoms with E-state index in [1.807, 2.05) is 42.2 Å². The molecule has 8 heteroatoms. The highest BCUT2D eigenvalue weighted by atomic mass is 16.6. The molecule has 0 N–H and O–H groups in total. The molecule has 0 radical (unpaired) electrons. The number of nitrogens with zero attached hydrogens (tertiary/aromatic N) is 6. The molecular weight excluding hydrogens is 332 g/mol. The van der Waals surface area contributed by atoms with Gasteiger partial charge in [-0.15, -0.1) is 0 Å². The second-order valence-corrected chi connectivity index (χ2v) is 5.79. The van der Waals surface area contributed by atoms with Gasteiger partial charge in [0, 0.05) is 13.1 Å². The molecule has 8 nitrogen and oxygen atoms in total. The van der Waals surface area contributed by atoms with Gasteiger partial charge < -0.3 is 4.90 Å². The van der Waals surface area contributed by atoms with Crippen LogP contribution in [0.25, 0.3) is 5.69 Å². The van der Waals surface area contributed by atoms with Crippen molar-refractivity contribution in [2.24, 2.45) is 0 Å². The van der Waals surface area contributed by atoms with Gasteiger partial charge >= 0.3 is 0 Å². The second-order valence-electron chi connectivity index (χ2n) is 5.79. The van der Waals surface area contributed by atoms with Crippen molar-refractivity contribution in [1.29, 1.82) is 5.26 Å². The minimum Gasteiger partial charge on any atom is -0.362 e. The summed E-state index contributed by atoms with van der Waals surface area (Å²) in [5, 5.41) is 24.4. The molecule has 0 spiro atoms. The maximum absolute atomic E-state index is 11.4. The monoisotopic (exact) mass is 348 g/mol. The number of anilines is 1. The third kappa shape index (κ3) is 3.23. The highest BCUT2D eigenvalue weighted by Gasteiger charge is 2.22. The van der Waals surface area contributed by atoms with Gasteiger partial charge in [0.1, 0.15) is 18.3 Å². The summed E-state index contributed by atoms with van der Waals surface area (Å²) in [5.74, 6) is 0. The summed E-state index contributed by atoms with van der Waals surface area (Å²) in [4.78, 5) is 16.7. The standard InChI is InChI=1S/C18H16N6O2/c1-13(15-4-6-16(7-5-15)23-12-20-11-21-23)22(2)17-8-3-14(10-19)9-18(17)24(25)26/h3-9,11-13H,1-2H3. The molecule has 3 rings (SSSR count). The zero-order valence-corrected chi connectivity index (χ0v) is 14.3. The van der Waals surface area contributed by atoms with E-state index in [9.17, 15) is 10.1 Å². The van der Waals surface area contributed by atoms with Gasteiger partial charge in [0.2, 0.25) is 0 Å². The van der Waals surface area contributed by atoms with E-state index in [-0.39, 0.29) is 17.3 Å². The number of hydrogen-bond acceptors (Lipinski definition) is 6. The van der Waals surface area contributed by atoms with Crippen molar-refractivity contribution in [3.8, 4) is 11.8 Å². The Kier molecular flexibility index (Phi) is 4.62. The predicted molar refractivity (Wildman–Crippen MR) is 96.0 cm³/mol. The quantitative estimate of drug-likeness (QED) is 0.518. The first kappa shape index (κ1) is 17.1. The highest BCUT2D eigenvalue weighted by Crippen LogP contribution is 2.33. The van der Waals surface area contributed by atoms with E-state index in [2.05, 4.69) is 10.1 Å². The van der Waals surface area contributed by atoms with E-state index in [4.69, 9.17) is 5.26 Å². The summed E-state index contributed by atoms with van der Waals surface area (Å²) in [5.41, 5.74) is 2.51. The SMILES string of the molecule is CC(c1ccc(-n2cncn2)cc1)N(C)c1ccc(C#N)cc1[N+](=O)[O-]. The van der Waals surface area contributed by atoms with Crippen molar-refractivity contribution >= 4 is 11.4 Å². The van der Waals surface area contributed by atoms with Gasteiger partial charge in [-0.2, -0.15) is 10.4 Å². The van der Waals surface area contributed by atoms with E-state index >= 15 is 0 Å². The molecule has 0 bridgehead atoms. The number of nitro benzene ring substituents is 1. The zero-order chi connectivity index (χ0) is 18.7. The first-order valence-corrected chi connectivity index (χ1v) is 7.87. The molecule has 0 aliphatic carbocycles. The molecule has 1 unspecified atom stereocenters. The molecule has 0 saturated heterocycles. The van der Waals surface area contributed by atoms with Crippen molar-refractivity contribution < 1.29 is 4.92 Å². The number of nitriles is 1. The van der Waals surface area contributed by atoms with Gasteiger partial charge in [-0.1, -0.05) is 12.1 Å². The molecular formula is C18H16N6O2. The molecule has 3 aromatic rings. The Bertz CT molecular complexity index is 960. The van der Waals surface area contributed by atoms with Crippen LogP contribution in [0.3, 0.4) is 0 Å². The summed E-state index contributed by atoms with van der Waals surface area (Å²) in [6.07, 6.45) is 3.08. The lowest BCUT2D eigenvalue weighted by Crippen LogP contribution is -2.22. The third-order valence-electron chi connectivity index (χ3n) is 4.32. The Morgan fingerprint density at radius 1 is 1.27 bits per heavy atom. The Labute approximate surface area is 150 Å². The first-order chi connectivity index (χ1) is 12.5. The minimum atomic E-state index is -0.465. The predicted octanol–water partition coefficient (Wildman–Crippen LogP) is 3.24. The van der Waals surface area contributed by atoms with Gasteiger partial charge in [0.15, 0.2) is 0 Å². The fourth-order valence-corrected chi connectivity index (χ4v) is 2.72. The average Bonchev–Trinajstić information content (AvgIpc) is 3.21. The Balaban J connectivity index is 1.89. The molecule has 26 heavy (non-hydrogen) atoms. The highest BCUT2D eigenvalue weighted by molar-refractivity contribution is 5.66. The summed E-state index contributed by atoms with van der Waals surface area (Å²) in [7, 11) is 1.80. The number of hydrogen-bond donors (Lipinski definition) is 0. The lowest BCUT2D eigenvalue weighted by Gasteiger charge is -2.27. The number of aromatic nitrogens is 3. The lowest BCUT2D eigenvalue weighted by molar-refractivity contribution is -0.384. The fourth-order valence-electron chi connectivity index (χ4n) is 2.72. The average molecular weight is 348 g/mol. The minimum absolute atomic E-state index is 0.0855. The summed E-state index contributed by atoms with van der Waals surface area (Å²) in [6.45, 7) is 1.96. The zero-order valence-electron chi connectivity index (χ0n) is 14.3. The van der Waals surface area contributed by atoms with Crippen LogP contribution in [0.2, 0.25) is 0 Å². The van der Waals surface area contributed by atoms with Crippen LogP contribution in [0.1, 0.15) is 24.1 Å². The molecule has 2 aromatic carbocycles. The van der Waals surface area contributed by atoms with Crippen LogP contribution in [0.5, 0.6) is 0 Å². The van der Waals surface area contributed by atoms with Crippen molar-refractivity contribution in [2.75, 3.05) is 11.9 Å². The van der Waals surface area contributed by atoms with Crippen LogP contribution in [0.4, 0.5) is 11.4 Å². The van der Waals surface area contributed by atoms with Crippen LogP contribution < -0.4 is 4.90 Å². The van der Waals surface area contributed by atoms with E-state index in [0.29, 0.717) is 5.69 Å². The van der Waals surface area contributed by atoms with Gasteiger partial charge in [-0.3, -0.25) is 10.1 Å². The van der Waals surface area contributed by atoms with E-state index < -0.39 is 4.92 Å². The van der Waals surface area contributed by atoms with Crippen LogP contribution in [-0.2, 0) is 0 Å². The number of nitro groups is 1. The second kappa shape index (κ2) is 7.03. The van der Waals surface area contributed by atoms with Gasteiger partial charge in [-0.25, -0.2) is 9.67 Å². The molecule has 0 saturated carbocycles. The van der Waals surface area contributed by atoms with Crippen LogP contribution in [0, 0.1) is 21.4 Å². The largest absolute Gasteiger partial charge is 0.362 e. The molecule has 0 amide bonds. The molecule has 1 atom stereocenters.